The highest BCUT2D eigenvalue weighted by Gasteiger charge is 2.28. The number of carboxylic acid groups (broad SMARTS) is 1. The van der Waals surface area contributed by atoms with Crippen molar-refractivity contribution in [3.63, 3.8) is 0 Å². The van der Waals surface area contributed by atoms with Gasteiger partial charge in [0.2, 0.25) is 5.91 Å². The number of thioether (sulfide) groups is 1. The topological polar surface area (TPSA) is 98.7 Å². The molecule has 0 radical (unpaired) electrons. The molecule has 2 aliphatic rings. The first-order valence-electron chi connectivity index (χ1n) is 6.68. The van der Waals surface area contributed by atoms with Crippen molar-refractivity contribution in [1.82, 2.24) is 15.5 Å². The molecule has 1 aliphatic heterocycles. The Bertz CT molecular complexity index is 400. The summed E-state index contributed by atoms with van der Waals surface area (Å²) in [6, 6.07) is -0.406. The summed E-state index contributed by atoms with van der Waals surface area (Å²) in [5, 5.41) is 13.8. The molecule has 0 spiro atoms. The van der Waals surface area contributed by atoms with Crippen LogP contribution >= 0.6 is 11.8 Å². The van der Waals surface area contributed by atoms with E-state index in [9.17, 15) is 14.4 Å². The molecule has 8 heteroatoms. The van der Waals surface area contributed by atoms with Gasteiger partial charge in [-0.3, -0.25) is 19.8 Å². The van der Waals surface area contributed by atoms with Crippen LogP contribution in [0.1, 0.15) is 19.3 Å². The molecule has 7 nitrogen and oxygen atoms in total. The van der Waals surface area contributed by atoms with Crippen LogP contribution in [0.15, 0.2) is 0 Å². The number of carboxylic acids is 1. The summed E-state index contributed by atoms with van der Waals surface area (Å²) < 4.78 is 0. The van der Waals surface area contributed by atoms with Crippen LogP contribution in [0.5, 0.6) is 0 Å². The fourth-order valence-electron chi connectivity index (χ4n) is 2.09. The van der Waals surface area contributed by atoms with Crippen molar-refractivity contribution in [2.45, 2.75) is 31.3 Å². The third-order valence-electron chi connectivity index (χ3n) is 3.27. The summed E-state index contributed by atoms with van der Waals surface area (Å²) in [4.78, 5) is 35.9. The van der Waals surface area contributed by atoms with E-state index in [2.05, 4.69) is 10.6 Å². The number of amides is 3. The number of urea groups is 1. The fourth-order valence-corrected chi connectivity index (χ4v) is 3.22. The molecule has 20 heavy (non-hydrogen) atoms. The highest BCUT2D eigenvalue weighted by atomic mass is 32.2. The molecule has 3 amide bonds. The predicted molar refractivity (Wildman–Crippen MR) is 74.6 cm³/mol. The Morgan fingerprint density at radius 3 is 2.70 bits per heavy atom. The minimum absolute atomic E-state index is 0.0224. The molecule has 2 fully saturated rings. The zero-order valence-corrected chi connectivity index (χ0v) is 11.9. The first-order valence-corrected chi connectivity index (χ1v) is 7.84. The van der Waals surface area contributed by atoms with Crippen LogP contribution in [0.4, 0.5) is 4.79 Å². The average molecular weight is 301 g/mol. The Labute approximate surface area is 121 Å². The van der Waals surface area contributed by atoms with Crippen LogP contribution < -0.4 is 10.6 Å². The van der Waals surface area contributed by atoms with Crippen molar-refractivity contribution in [2.75, 3.05) is 24.6 Å². The molecule has 0 aromatic carbocycles. The Kier molecular flexibility index (Phi) is 5.24. The first kappa shape index (κ1) is 15.1. The molecule has 2 rings (SSSR count). The van der Waals surface area contributed by atoms with Crippen LogP contribution in [0.2, 0.25) is 0 Å². The SMILES string of the molecule is O=C(O)CC1CSCCN1CC(=O)NC(=O)NC1CC1. The van der Waals surface area contributed by atoms with Crippen molar-refractivity contribution in [2.24, 2.45) is 0 Å². The Balaban J connectivity index is 1.77. The molecule has 1 heterocycles. The van der Waals surface area contributed by atoms with Gasteiger partial charge in [-0.1, -0.05) is 0 Å². The maximum absolute atomic E-state index is 11.8. The smallest absolute Gasteiger partial charge is 0.321 e. The number of hydrogen-bond donors (Lipinski definition) is 3. The molecule has 1 aliphatic carbocycles. The number of carbonyl (C=O) groups excluding carboxylic acids is 2. The van der Waals surface area contributed by atoms with Crippen molar-refractivity contribution in [3.8, 4) is 0 Å². The molecular formula is C12H19N3O4S. The minimum Gasteiger partial charge on any atom is -0.481 e. The molecule has 0 aromatic rings. The second-order valence-corrected chi connectivity index (χ2v) is 6.24. The number of nitrogens with zero attached hydrogens (tertiary/aromatic N) is 1. The Hall–Kier alpha value is -1.28. The highest BCUT2D eigenvalue weighted by molar-refractivity contribution is 7.99. The van der Waals surface area contributed by atoms with Crippen LogP contribution in [0.3, 0.4) is 0 Å². The molecule has 0 aromatic heterocycles. The second kappa shape index (κ2) is 6.94. The van der Waals surface area contributed by atoms with Gasteiger partial charge in [0.05, 0.1) is 13.0 Å². The van der Waals surface area contributed by atoms with Crippen molar-refractivity contribution in [3.05, 3.63) is 0 Å². The van der Waals surface area contributed by atoms with Gasteiger partial charge in [0.1, 0.15) is 0 Å². The largest absolute Gasteiger partial charge is 0.481 e. The zero-order chi connectivity index (χ0) is 14.5. The Morgan fingerprint density at radius 1 is 1.30 bits per heavy atom. The average Bonchev–Trinajstić information content (AvgIpc) is 3.14. The zero-order valence-electron chi connectivity index (χ0n) is 11.1. The van der Waals surface area contributed by atoms with E-state index in [1.165, 1.54) is 0 Å². The van der Waals surface area contributed by atoms with E-state index in [-0.39, 0.29) is 31.0 Å². The van der Waals surface area contributed by atoms with E-state index < -0.39 is 12.0 Å². The third-order valence-corrected chi connectivity index (χ3v) is 4.36. The van der Waals surface area contributed by atoms with E-state index >= 15 is 0 Å². The monoisotopic (exact) mass is 301 g/mol. The van der Waals surface area contributed by atoms with Gasteiger partial charge in [-0.25, -0.2) is 4.79 Å². The summed E-state index contributed by atoms with van der Waals surface area (Å²) in [6.07, 6.45) is 1.95. The van der Waals surface area contributed by atoms with Gasteiger partial charge in [0, 0.05) is 30.1 Å². The maximum atomic E-state index is 11.8. The number of hydrogen-bond acceptors (Lipinski definition) is 5. The molecule has 1 saturated carbocycles. The van der Waals surface area contributed by atoms with Crippen LogP contribution in [0, 0.1) is 0 Å². The number of rotatable bonds is 5. The predicted octanol–water partition coefficient (Wildman–Crippen LogP) is -0.133. The van der Waals surface area contributed by atoms with Crippen molar-refractivity contribution in [1.29, 1.82) is 0 Å². The summed E-state index contributed by atoms with van der Waals surface area (Å²) in [7, 11) is 0. The molecule has 1 unspecified atom stereocenters. The lowest BCUT2D eigenvalue weighted by Crippen LogP contribution is -2.50. The van der Waals surface area contributed by atoms with E-state index in [0.29, 0.717) is 12.3 Å². The first-order chi connectivity index (χ1) is 9.54. The summed E-state index contributed by atoms with van der Waals surface area (Å²) in [5.74, 6) is 0.325. The quantitative estimate of drug-likeness (QED) is 0.654. The molecule has 112 valence electrons. The number of carbonyl (C=O) groups is 3. The summed E-state index contributed by atoms with van der Waals surface area (Å²) >= 11 is 1.69. The highest BCUT2D eigenvalue weighted by Crippen LogP contribution is 2.19. The van der Waals surface area contributed by atoms with Crippen molar-refractivity contribution >= 4 is 29.7 Å². The van der Waals surface area contributed by atoms with Gasteiger partial charge in [0.25, 0.3) is 0 Å². The summed E-state index contributed by atoms with van der Waals surface area (Å²) in [5.41, 5.74) is 0. The van der Waals surface area contributed by atoms with Gasteiger partial charge in [-0.15, -0.1) is 0 Å². The minimum atomic E-state index is -0.866. The van der Waals surface area contributed by atoms with Gasteiger partial charge < -0.3 is 10.4 Å². The lowest BCUT2D eigenvalue weighted by atomic mass is 10.2. The standard InChI is InChI=1S/C12H19N3O4S/c16-10(14-12(19)13-8-1-2-8)6-15-3-4-20-7-9(15)5-11(17)18/h8-9H,1-7H2,(H,17,18)(H2,13,14,16,19). The molecule has 3 N–H and O–H groups in total. The third kappa shape index (κ3) is 5.01. The van der Waals surface area contributed by atoms with Gasteiger partial charge in [0.15, 0.2) is 0 Å². The number of imide groups is 1. The molecule has 1 saturated heterocycles. The van der Waals surface area contributed by atoms with Crippen LogP contribution in [-0.2, 0) is 9.59 Å². The van der Waals surface area contributed by atoms with Gasteiger partial charge in [-0.05, 0) is 12.8 Å². The lowest BCUT2D eigenvalue weighted by molar-refractivity contribution is -0.138. The van der Waals surface area contributed by atoms with Crippen molar-refractivity contribution < 1.29 is 19.5 Å². The molecular weight excluding hydrogens is 282 g/mol. The normalized spacial score (nSPS) is 23.1. The Morgan fingerprint density at radius 2 is 2.05 bits per heavy atom. The lowest BCUT2D eigenvalue weighted by Gasteiger charge is -2.33. The maximum Gasteiger partial charge on any atom is 0.321 e. The van der Waals surface area contributed by atoms with Crippen LogP contribution in [0.25, 0.3) is 0 Å². The van der Waals surface area contributed by atoms with E-state index in [1.807, 2.05) is 4.90 Å². The number of nitrogens with one attached hydrogen (secondary N) is 2. The molecule has 0 bridgehead atoms. The molecule has 1 atom stereocenters. The van der Waals surface area contributed by atoms with Crippen LogP contribution in [-0.4, -0.2) is 64.6 Å². The van der Waals surface area contributed by atoms with Gasteiger partial charge in [-0.2, -0.15) is 11.8 Å². The second-order valence-electron chi connectivity index (χ2n) is 5.09. The number of aliphatic carboxylic acids is 1. The fraction of sp³-hybridized carbons (Fsp3) is 0.750. The van der Waals surface area contributed by atoms with E-state index in [0.717, 1.165) is 18.6 Å². The summed E-state index contributed by atoms with van der Waals surface area (Å²) in [6.45, 7) is 0.733. The van der Waals surface area contributed by atoms with Gasteiger partial charge >= 0.3 is 12.0 Å². The van der Waals surface area contributed by atoms with E-state index in [4.69, 9.17) is 5.11 Å². The van der Waals surface area contributed by atoms with E-state index in [1.54, 1.807) is 11.8 Å².